The summed E-state index contributed by atoms with van der Waals surface area (Å²) in [7, 11) is 0. The summed E-state index contributed by atoms with van der Waals surface area (Å²) in [6.45, 7) is 8.16. The van der Waals surface area contributed by atoms with Crippen LogP contribution in [-0.4, -0.2) is 48.4 Å². The molecule has 0 saturated carbocycles. The van der Waals surface area contributed by atoms with Crippen LogP contribution in [0.25, 0.3) is 0 Å². The Bertz CT molecular complexity index is 754. The van der Waals surface area contributed by atoms with Gasteiger partial charge in [0.1, 0.15) is 5.82 Å². The number of carbonyl (C=O) groups excluding carboxylic acids is 1. The van der Waals surface area contributed by atoms with E-state index in [0.717, 1.165) is 49.4 Å². The van der Waals surface area contributed by atoms with Crippen molar-refractivity contribution in [1.82, 2.24) is 9.80 Å². The lowest BCUT2D eigenvalue weighted by Crippen LogP contribution is -2.49. The van der Waals surface area contributed by atoms with Crippen molar-refractivity contribution < 1.29 is 9.18 Å². The van der Waals surface area contributed by atoms with Crippen LogP contribution >= 0.6 is 0 Å². The van der Waals surface area contributed by atoms with Crippen molar-refractivity contribution in [3.05, 3.63) is 65.5 Å². The molecule has 1 heterocycles. The van der Waals surface area contributed by atoms with Crippen molar-refractivity contribution in [3.63, 3.8) is 0 Å². The predicted octanol–water partition coefficient (Wildman–Crippen LogP) is 3.71. The van der Waals surface area contributed by atoms with E-state index in [4.69, 9.17) is 0 Å². The third kappa shape index (κ3) is 5.15. The summed E-state index contributed by atoms with van der Waals surface area (Å²) in [5.41, 5.74) is 3.19. The van der Waals surface area contributed by atoms with Crippen LogP contribution in [-0.2, 0) is 11.2 Å². The first kappa shape index (κ1) is 19.5. The molecule has 0 unspecified atom stereocenters. The van der Waals surface area contributed by atoms with Crippen LogP contribution in [0.1, 0.15) is 31.0 Å². The molecule has 27 heavy (non-hydrogen) atoms. The molecule has 1 aliphatic heterocycles. The van der Waals surface area contributed by atoms with Gasteiger partial charge < -0.3 is 5.32 Å². The van der Waals surface area contributed by atoms with Gasteiger partial charge in [-0.05, 0) is 42.7 Å². The van der Waals surface area contributed by atoms with E-state index in [1.165, 1.54) is 12.1 Å². The van der Waals surface area contributed by atoms with E-state index in [0.29, 0.717) is 6.54 Å². The van der Waals surface area contributed by atoms with Crippen molar-refractivity contribution in [2.24, 2.45) is 0 Å². The topological polar surface area (TPSA) is 35.6 Å². The zero-order chi connectivity index (χ0) is 19.2. The molecule has 0 aromatic heterocycles. The summed E-state index contributed by atoms with van der Waals surface area (Å²) in [5, 5.41) is 3.04. The molecule has 0 aliphatic carbocycles. The second kappa shape index (κ2) is 9.11. The number of rotatable bonds is 6. The third-order valence-corrected chi connectivity index (χ3v) is 5.35. The number of halogens is 1. The lowest BCUT2D eigenvalue weighted by molar-refractivity contribution is -0.117. The van der Waals surface area contributed by atoms with Gasteiger partial charge in [-0.25, -0.2) is 4.39 Å². The lowest BCUT2D eigenvalue weighted by atomic mass is 10.1. The minimum atomic E-state index is -0.202. The number of anilines is 1. The van der Waals surface area contributed by atoms with E-state index in [9.17, 15) is 9.18 Å². The van der Waals surface area contributed by atoms with Crippen molar-refractivity contribution >= 4 is 11.6 Å². The smallest absolute Gasteiger partial charge is 0.238 e. The molecule has 2 aromatic rings. The normalized spacial score (nSPS) is 16.9. The van der Waals surface area contributed by atoms with Crippen LogP contribution in [0.2, 0.25) is 0 Å². The molecule has 4 nitrogen and oxygen atoms in total. The van der Waals surface area contributed by atoms with Gasteiger partial charge in [0.25, 0.3) is 0 Å². The Morgan fingerprint density at radius 2 is 1.74 bits per heavy atom. The monoisotopic (exact) mass is 369 g/mol. The average molecular weight is 369 g/mol. The molecule has 1 fully saturated rings. The molecule has 3 rings (SSSR count). The number of piperazine rings is 1. The molecule has 2 aromatic carbocycles. The van der Waals surface area contributed by atoms with Crippen molar-refractivity contribution in [1.29, 1.82) is 0 Å². The highest BCUT2D eigenvalue weighted by Crippen LogP contribution is 2.22. The van der Waals surface area contributed by atoms with E-state index >= 15 is 0 Å². The molecule has 0 bridgehead atoms. The summed E-state index contributed by atoms with van der Waals surface area (Å²) >= 11 is 0. The summed E-state index contributed by atoms with van der Waals surface area (Å²) < 4.78 is 13.1. The highest BCUT2D eigenvalue weighted by atomic mass is 19.1. The number of carbonyl (C=O) groups is 1. The molecule has 1 aliphatic rings. The summed E-state index contributed by atoms with van der Waals surface area (Å²) in [5.74, 6) is -0.164. The number of nitrogens with one attached hydrogen (secondary N) is 1. The second-order valence-electron chi connectivity index (χ2n) is 7.10. The first-order valence-electron chi connectivity index (χ1n) is 9.66. The van der Waals surface area contributed by atoms with Gasteiger partial charge in [-0.15, -0.1) is 0 Å². The van der Waals surface area contributed by atoms with Crippen molar-refractivity contribution in [2.45, 2.75) is 26.3 Å². The quantitative estimate of drug-likeness (QED) is 0.843. The number of benzene rings is 2. The largest absolute Gasteiger partial charge is 0.325 e. The van der Waals surface area contributed by atoms with Crippen LogP contribution in [0.4, 0.5) is 10.1 Å². The summed E-state index contributed by atoms with van der Waals surface area (Å²) in [6, 6.07) is 14.9. The van der Waals surface area contributed by atoms with E-state index in [1.54, 1.807) is 0 Å². The van der Waals surface area contributed by atoms with Gasteiger partial charge in [0.15, 0.2) is 0 Å². The fourth-order valence-corrected chi connectivity index (χ4v) is 3.60. The molecular formula is C22H28FN3O. The first-order chi connectivity index (χ1) is 13.1. The lowest BCUT2D eigenvalue weighted by Gasteiger charge is -2.38. The van der Waals surface area contributed by atoms with Gasteiger partial charge in [0.05, 0.1) is 6.54 Å². The molecule has 144 valence electrons. The summed E-state index contributed by atoms with van der Waals surface area (Å²) in [4.78, 5) is 17.0. The minimum absolute atomic E-state index is 0.0379. The molecule has 1 saturated heterocycles. The highest BCUT2D eigenvalue weighted by Gasteiger charge is 2.23. The van der Waals surface area contributed by atoms with Gasteiger partial charge >= 0.3 is 0 Å². The van der Waals surface area contributed by atoms with Crippen LogP contribution < -0.4 is 5.32 Å². The maximum Gasteiger partial charge on any atom is 0.238 e. The Balaban J connectivity index is 1.49. The number of nitrogens with zero attached hydrogens (tertiary/aromatic N) is 2. The fraction of sp³-hybridized carbons (Fsp3) is 0.409. The van der Waals surface area contributed by atoms with Crippen LogP contribution in [0, 0.1) is 5.82 Å². The SMILES string of the molecule is CCc1ccccc1NC(=O)CN1CCN([C@H](C)c2ccc(F)cc2)CC1. The Morgan fingerprint density at radius 1 is 1.07 bits per heavy atom. The van der Waals surface area contributed by atoms with Gasteiger partial charge in [-0.2, -0.15) is 0 Å². The molecule has 1 N–H and O–H groups in total. The maximum absolute atomic E-state index is 13.1. The molecular weight excluding hydrogens is 341 g/mol. The first-order valence-corrected chi connectivity index (χ1v) is 9.66. The van der Waals surface area contributed by atoms with E-state index in [1.807, 2.05) is 36.4 Å². The number of amides is 1. The molecule has 0 spiro atoms. The van der Waals surface area contributed by atoms with E-state index in [2.05, 4.69) is 29.0 Å². The number of hydrogen-bond donors (Lipinski definition) is 1. The summed E-state index contributed by atoms with van der Waals surface area (Å²) in [6.07, 6.45) is 0.899. The molecule has 5 heteroatoms. The number of hydrogen-bond acceptors (Lipinski definition) is 3. The van der Waals surface area contributed by atoms with Gasteiger partial charge in [-0.1, -0.05) is 37.3 Å². The minimum Gasteiger partial charge on any atom is -0.325 e. The number of para-hydroxylation sites is 1. The van der Waals surface area contributed by atoms with Gasteiger partial charge in [-0.3, -0.25) is 14.6 Å². The number of aryl methyl sites for hydroxylation is 1. The Kier molecular flexibility index (Phi) is 6.58. The Labute approximate surface area is 161 Å². The van der Waals surface area contributed by atoms with Gasteiger partial charge in [0.2, 0.25) is 5.91 Å². The second-order valence-corrected chi connectivity index (χ2v) is 7.10. The zero-order valence-electron chi connectivity index (χ0n) is 16.1. The predicted molar refractivity (Wildman–Crippen MR) is 107 cm³/mol. The van der Waals surface area contributed by atoms with E-state index < -0.39 is 0 Å². The van der Waals surface area contributed by atoms with Gasteiger partial charge in [0, 0.05) is 37.9 Å². The molecule has 0 radical (unpaired) electrons. The average Bonchev–Trinajstić information content (AvgIpc) is 2.69. The van der Waals surface area contributed by atoms with Crippen molar-refractivity contribution in [2.75, 3.05) is 38.0 Å². The third-order valence-electron chi connectivity index (χ3n) is 5.35. The fourth-order valence-electron chi connectivity index (χ4n) is 3.60. The van der Waals surface area contributed by atoms with Crippen LogP contribution in [0.15, 0.2) is 48.5 Å². The molecule has 1 amide bonds. The maximum atomic E-state index is 13.1. The molecule has 1 atom stereocenters. The van der Waals surface area contributed by atoms with E-state index in [-0.39, 0.29) is 17.8 Å². The van der Waals surface area contributed by atoms with Crippen LogP contribution in [0.3, 0.4) is 0 Å². The Hall–Kier alpha value is -2.24. The van der Waals surface area contributed by atoms with Crippen molar-refractivity contribution in [3.8, 4) is 0 Å². The standard InChI is InChI=1S/C22H28FN3O/c1-3-18-6-4-5-7-21(18)24-22(27)16-25-12-14-26(15-13-25)17(2)19-8-10-20(23)11-9-19/h4-11,17H,3,12-16H2,1-2H3,(H,24,27)/t17-/m1/s1. The van der Waals surface area contributed by atoms with Crippen LogP contribution in [0.5, 0.6) is 0 Å². The Morgan fingerprint density at radius 3 is 2.41 bits per heavy atom. The zero-order valence-corrected chi connectivity index (χ0v) is 16.1. The highest BCUT2D eigenvalue weighted by molar-refractivity contribution is 5.93.